The van der Waals surface area contributed by atoms with Gasteiger partial charge in [-0.05, 0) is 24.6 Å². The second kappa shape index (κ2) is 7.46. The smallest absolute Gasteiger partial charge is 0.374 e. The molecule has 2 unspecified atom stereocenters. The maximum Gasteiger partial charge on any atom is 0.425 e. The minimum atomic E-state index is -5.21. The van der Waals surface area contributed by atoms with Crippen LogP contribution in [0, 0.1) is 0 Å². The van der Waals surface area contributed by atoms with E-state index >= 15 is 0 Å². The molecule has 0 saturated carbocycles. The van der Waals surface area contributed by atoms with E-state index in [0.29, 0.717) is 0 Å². The van der Waals surface area contributed by atoms with Gasteiger partial charge in [-0.2, -0.15) is 26.3 Å². The molecule has 2 aromatic rings. The lowest BCUT2D eigenvalue weighted by atomic mass is 9.96. The molecule has 5 nitrogen and oxygen atoms in total. The van der Waals surface area contributed by atoms with Gasteiger partial charge in [-0.1, -0.05) is 12.1 Å². The molecular formula is C17H17F6N3O2. The van der Waals surface area contributed by atoms with Gasteiger partial charge < -0.3 is 15.0 Å². The van der Waals surface area contributed by atoms with Crippen molar-refractivity contribution in [1.29, 1.82) is 0 Å². The van der Waals surface area contributed by atoms with Crippen LogP contribution in [0.15, 0.2) is 36.7 Å². The Balaban J connectivity index is 2.21. The molecule has 1 heterocycles. The fourth-order valence-electron chi connectivity index (χ4n) is 2.66. The zero-order chi connectivity index (χ0) is 21.3. The number of hydrogen-bond donors (Lipinski definition) is 2. The fourth-order valence-corrected chi connectivity index (χ4v) is 2.66. The minimum absolute atomic E-state index is 0.0516. The number of carbonyl (C=O) groups excluding carboxylic acids is 1. The van der Waals surface area contributed by atoms with E-state index in [1.807, 2.05) is 0 Å². The average Bonchev–Trinajstić information content (AvgIpc) is 2.99. The number of halogens is 6. The lowest BCUT2D eigenvalue weighted by Gasteiger charge is -2.29. The highest BCUT2D eigenvalue weighted by atomic mass is 19.4. The number of aliphatic hydroxyl groups is 1. The number of rotatable bonds is 5. The molecule has 0 radical (unpaired) electrons. The number of aromatic nitrogens is 2. The second-order valence-electron chi connectivity index (χ2n) is 6.31. The summed E-state index contributed by atoms with van der Waals surface area (Å²) in [5, 5.41) is 12.4. The molecule has 2 rings (SSSR count). The molecule has 1 aromatic heterocycles. The Morgan fingerprint density at radius 3 is 2.39 bits per heavy atom. The number of amides is 1. The number of carbonyl (C=O) groups is 1. The van der Waals surface area contributed by atoms with Gasteiger partial charge in [0.2, 0.25) is 11.5 Å². The van der Waals surface area contributed by atoms with Crippen LogP contribution < -0.4 is 5.32 Å². The predicted molar refractivity (Wildman–Crippen MR) is 85.8 cm³/mol. The van der Waals surface area contributed by atoms with Gasteiger partial charge in [-0.3, -0.25) is 4.79 Å². The van der Waals surface area contributed by atoms with Crippen molar-refractivity contribution in [3.05, 3.63) is 53.6 Å². The Morgan fingerprint density at radius 1 is 1.25 bits per heavy atom. The Kier molecular flexibility index (Phi) is 5.79. The van der Waals surface area contributed by atoms with E-state index in [4.69, 9.17) is 0 Å². The SMILES string of the molecule is CC(NC(=O)CC(O)(c1nccn1C)C(F)(F)F)c1cccc(C(F)(F)F)c1. The molecule has 0 fully saturated rings. The van der Waals surface area contributed by atoms with Crippen molar-refractivity contribution >= 4 is 5.91 Å². The molecule has 0 saturated heterocycles. The van der Waals surface area contributed by atoms with Gasteiger partial charge >= 0.3 is 12.4 Å². The van der Waals surface area contributed by atoms with E-state index in [2.05, 4.69) is 10.3 Å². The molecule has 0 bridgehead atoms. The van der Waals surface area contributed by atoms with Crippen LogP contribution in [0.25, 0.3) is 0 Å². The first-order valence-electron chi connectivity index (χ1n) is 7.99. The van der Waals surface area contributed by atoms with Crippen molar-refractivity contribution in [3.8, 4) is 0 Å². The van der Waals surface area contributed by atoms with Crippen LogP contribution >= 0.6 is 0 Å². The zero-order valence-corrected chi connectivity index (χ0v) is 14.8. The quantitative estimate of drug-likeness (QED) is 0.744. The second-order valence-corrected chi connectivity index (χ2v) is 6.31. The van der Waals surface area contributed by atoms with Gasteiger partial charge in [0, 0.05) is 19.4 Å². The predicted octanol–water partition coefficient (Wildman–Crippen LogP) is 3.46. The molecule has 2 atom stereocenters. The molecule has 1 amide bonds. The van der Waals surface area contributed by atoms with Crippen molar-refractivity contribution in [2.75, 3.05) is 0 Å². The number of nitrogens with one attached hydrogen (secondary N) is 1. The molecule has 0 aliphatic carbocycles. The van der Waals surface area contributed by atoms with Crippen LogP contribution in [0.5, 0.6) is 0 Å². The summed E-state index contributed by atoms with van der Waals surface area (Å²) >= 11 is 0. The monoisotopic (exact) mass is 409 g/mol. The van der Waals surface area contributed by atoms with Crippen molar-refractivity contribution in [3.63, 3.8) is 0 Å². The van der Waals surface area contributed by atoms with Crippen LogP contribution in [-0.4, -0.2) is 26.7 Å². The van der Waals surface area contributed by atoms with E-state index in [9.17, 15) is 36.2 Å². The van der Waals surface area contributed by atoms with E-state index < -0.39 is 47.7 Å². The standard InChI is InChI=1S/C17H17F6N3O2/c1-10(11-4-3-5-12(8-11)16(18,19)20)25-13(27)9-15(28,17(21,22)23)14-24-6-7-26(14)2/h3-8,10,28H,9H2,1-2H3,(H,25,27). The molecule has 154 valence electrons. The summed E-state index contributed by atoms with van der Waals surface area (Å²) in [5.74, 6) is -1.98. The van der Waals surface area contributed by atoms with Gasteiger partial charge in [0.25, 0.3) is 0 Å². The fraction of sp³-hybridized carbons (Fsp3) is 0.412. The topological polar surface area (TPSA) is 67.2 Å². The summed E-state index contributed by atoms with van der Waals surface area (Å²) in [6.45, 7) is 1.32. The summed E-state index contributed by atoms with van der Waals surface area (Å²) in [6.07, 6.45) is -8.99. The van der Waals surface area contributed by atoms with Crippen molar-refractivity contribution in [1.82, 2.24) is 14.9 Å². The molecular weight excluding hydrogens is 392 g/mol. The van der Waals surface area contributed by atoms with Crippen molar-refractivity contribution in [2.24, 2.45) is 7.05 Å². The third-order valence-corrected chi connectivity index (χ3v) is 4.17. The Labute approximate surface area is 156 Å². The maximum atomic E-state index is 13.4. The molecule has 0 aliphatic heterocycles. The van der Waals surface area contributed by atoms with Crippen molar-refractivity contribution < 1.29 is 36.2 Å². The van der Waals surface area contributed by atoms with E-state index in [0.717, 1.165) is 29.0 Å². The molecule has 0 spiro atoms. The van der Waals surface area contributed by atoms with E-state index in [1.54, 1.807) is 0 Å². The summed E-state index contributed by atoms with van der Waals surface area (Å²) in [7, 11) is 1.22. The highest BCUT2D eigenvalue weighted by Gasteiger charge is 2.58. The largest absolute Gasteiger partial charge is 0.425 e. The van der Waals surface area contributed by atoms with Gasteiger partial charge in [0.1, 0.15) is 0 Å². The Morgan fingerprint density at radius 2 is 1.89 bits per heavy atom. The first-order valence-corrected chi connectivity index (χ1v) is 7.99. The highest BCUT2D eigenvalue weighted by Crippen LogP contribution is 2.41. The number of hydrogen-bond acceptors (Lipinski definition) is 3. The molecule has 2 N–H and O–H groups in total. The summed E-state index contributed by atoms with van der Waals surface area (Å²) < 4.78 is 79.6. The van der Waals surface area contributed by atoms with Gasteiger partial charge in [0.15, 0.2) is 5.82 Å². The van der Waals surface area contributed by atoms with Crippen LogP contribution in [-0.2, 0) is 23.6 Å². The Hall–Kier alpha value is -2.56. The normalized spacial score (nSPS) is 15.8. The third kappa shape index (κ3) is 4.46. The number of alkyl halides is 6. The van der Waals surface area contributed by atoms with E-state index in [-0.39, 0.29) is 5.56 Å². The summed E-state index contributed by atoms with van der Waals surface area (Å²) in [5.41, 5.74) is -4.45. The van der Waals surface area contributed by atoms with Gasteiger partial charge in [-0.15, -0.1) is 0 Å². The summed E-state index contributed by atoms with van der Waals surface area (Å²) in [4.78, 5) is 15.6. The van der Waals surface area contributed by atoms with Crippen LogP contribution in [0.2, 0.25) is 0 Å². The van der Waals surface area contributed by atoms with Crippen LogP contribution in [0.1, 0.15) is 36.3 Å². The Bertz CT molecular complexity index is 846. The van der Waals surface area contributed by atoms with E-state index in [1.165, 1.54) is 26.2 Å². The van der Waals surface area contributed by atoms with Crippen LogP contribution in [0.4, 0.5) is 26.3 Å². The average molecular weight is 409 g/mol. The number of nitrogens with zero attached hydrogens (tertiary/aromatic N) is 2. The lowest BCUT2D eigenvalue weighted by molar-refractivity contribution is -0.271. The van der Waals surface area contributed by atoms with Gasteiger partial charge in [0.05, 0.1) is 18.0 Å². The molecule has 1 aromatic carbocycles. The third-order valence-electron chi connectivity index (χ3n) is 4.17. The summed E-state index contributed by atoms with van der Waals surface area (Å²) in [6, 6.07) is 3.03. The molecule has 28 heavy (non-hydrogen) atoms. The minimum Gasteiger partial charge on any atom is -0.374 e. The number of imidazole rings is 1. The highest BCUT2D eigenvalue weighted by molar-refractivity contribution is 5.77. The molecule has 11 heteroatoms. The first-order chi connectivity index (χ1) is 12.8. The van der Waals surface area contributed by atoms with Crippen LogP contribution in [0.3, 0.4) is 0 Å². The molecule has 0 aliphatic rings. The zero-order valence-electron chi connectivity index (χ0n) is 14.8. The maximum absolute atomic E-state index is 13.4. The van der Waals surface area contributed by atoms with Crippen molar-refractivity contribution in [2.45, 2.75) is 37.3 Å². The first kappa shape index (κ1) is 21.7. The lowest BCUT2D eigenvalue weighted by Crippen LogP contribution is -2.48. The number of benzene rings is 1. The number of aryl methyl sites for hydroxylation is 1. The van der Waals surface area contributed by atoms with Gasteiger partial charge in [-0.25, -0.2) is 4.98 Å².